The first-order valence-corrected chi connectivity index (χ1v) is 5.69. The van der Waals surface area contributed by atoms with Gasteiger partial charge in [-0.05, 0) is 11.4 Å². The lowest BCUT2D eigenvalue weighted by Crippen LogP contribution is -2.30. The Morgan fingerprint density at radius 1 is 1.44 bits per heavy atom. The Balaban J connectivity index is 2.19. The van der Waals surface area contributed by atoms with E-state index in [0.717, 1.165) is 0 Å². The van der Waals surface area contributed by atoms with Gasteiger partial charge in [-0.25, -0.2) is 0 Å². The maximum absolute atomic E-state index is 11.4. The Bertz CT molecular complexity index is 393. The van der Waals surface area contributed by atoms with Crippen molar-refractivity contribution in [2.24, 2.45) is 0 Å². The van der Waals surface area contributed by atoms with Gasteiger partial charge in [0.15, 0.2) is 0 Å². The summed E-state index contributed by atoms with van der Waals surface area (Å²) in [6.07, 6.45) is 5.22. The lowest BCUT2D eigenvalue weighted by Gasteiger charge is -2.03. The lowest BCUT2D eigenvalue weighted by molar-refractivity contribution is -0.120. The van der Waals surface area contributed by atoms with Gasteiger partial charge in [-0.1, -0.05) is 5.92 Å². The van der Waals surface area contributed by atoms with Crippen molar-refractivity contribution >= 4 is 23.2 Å². The third kappa shape index (κ3) is 4.15. The molecule has 4 nitrogen and oxygen atoms in total. The minimum atomic E-state index is -0.163. The minimum Gasteiger partial charge on any atom is -0.351 e. The van der Waals surface area contributed by atoms with Crippen LogP contribution in [0.5, 0.6) is 0 Å². The maximum Gasteiger partial charge on any atom is 0.252 e. The van der Waals surface area contributed by atoms with E-state index in [1.54, 1.807) is 11.4 Å². The zero-order valence-electron chi connectivity index (χ0n) is 8.66. The summed E-state index contributed by atoms with van der Waals surface area (Å²) >= 11 is 1.46. The van der Waals surface area contributed by atoms with Crippen LogP contribution in [0, 0.1) is 12.3 Å². The Hall–Kier alpha value is -1.80. The molecule has 1 aromatic rings. The fourth-order valence-electron chi connectivity index (χ4n) is 1.02. The molecule has 1 heterocycles. The van der Waals surface area contributed by atoms with E-state index in [-0.39, 0.29) is 24.8 Å². The van der Waals surface area contributed by atoms with Crippen LogP contribution in [0.15, 0.2) is 16.8 Å². The third-order valence-electron chi connectivity index (χ3n) is 1.81. The van der Waals surface area contributed by atoms with Crippen molar-refractivity contribution in [1.82, 2.24) is 10.6 Å². The lowest BCUT2D eigenvalue weighted by atomic mass is 10.3. The van der Waals surface area contributed by atoms with Crippen molar-refractivity contribution in [2.45, 2.75) is 6.42 Å². The number of carbonyl (C=O) groups excluding carboxylic acids is 2. The van der Waals surface area contributed by atoms with Crippen LogP contribution in [0.2, 0.25) is 0 Å². The molecule has 0 aliphatic rings. The number of terminal acetylenes is 1. The zero-order chi connectivity index (χ0) is 11.8. The molecule has 0 saturated heterocycles. The molecule has 0 atom stereocenters. The molecular weight excluding hydrogens is 224 g/mol. The van der Waals surface area contributed by atoms with E-state index in [1.807, 2.05) is 5.38 Å². The highest BCUT2D eigenvalue weighted by Gasteiger charge is 2.05. The van der Waals surface area contributed by atoms with Gasteiger partial charge < -0.3 is 10.6 Å². The first-order valence-electron chi connectivity index (χ1n) is 4.74. The van der Waals surface area contributed by atoms with Crippen molar-refractivity contribution in [2.75, 3.05) is 13.1 Å². The van der Waals surface area contributed by atoms with Crippen molar-refractivity contribution < 1.29 is 9.59 Å². The van der Waals surface area contributed by atoms with Crippen molar-refractivity contribution in [3.8, 4) is 12.3 Å². The highest BCUT2D eigenvalue weighted by atomic mass is 32.1. The predicted octanol–water partition coefficient (Wildman–Crippen LogP) is 0.617. The van der Waals surface area contributed by atoms with Crippen LogP contribution < -0.4 is 10.6 Å². The standard InChI is InChI=1S/C11H12N2O2S/c1-2-5-12-10(14)3-6-13-11(15)9-4-7-16-8-9/h1,4,7-8H,3,5-6H2,(H,12,14)(H,13,15). The normalized spacial score (nSPS) is 9.19. The fraction of sp³-hybridized carbons (Fsp3) is 0.273. The van der Waals surface area contributed by atoms with Crippen LogP contribution in [-0.4, -0.2) is 24.9 Å². The molecule has 5 heteroatoms. The number of hydrogen-bond donors (Lipinski definition) is 2. The summed E-state index contributed by atoms with van der Waals surface area (Å²) in [5, 5.41) is 8.75. The quantitative estimate of drug-likeness (QED) is 0.736. The molecule has 0 bridgehead atoms. The summed E-state index contributed by atoms with van der Waals surface area (Å²) in [6, 6.07) is 1.73. The van der Waals surface area contributed by atoms with Gasteiger partial charge in [-0.2, -0.15) is 11.3 Å². The van der Waals surface area contributed by atoms with Gasteiger partial charge in [0.25, 0.3) is 5.91 Å². The average molecular weight is 236 g/mol. The summed E-state index contributed by atoms with van der Waals surface area (Å²) in [6.45, 7) is 0.530. The van der Waals surface area contributed by atoms with E-state index in [0.29, 0.717) is 12.1 Å². The number of carbonyl (C=O) groups is 2. The molecule has 2 N–H and O–H groups in total. The molecule has 0 unspecified atom stereocenters. The molecule has 0 saturated carbocycles. The summed E-state index contributed by atoms with van der Waals surface area (Å²) in [4.78, 5) is 22.5. The molecule has 1 rings (SSSR count). The van der Waals surface area contributed by atoms with Crippen LogP contribution in [0.4, 0.5) is 0 Å². The van der Waals surface area contributed by atoms with Gasteiger partial charge in [-0.15, -0.1) is 6.42 Å². The Labute approximate surface area is 98.0 Å². The highest BCUT2D eigenvalue weighted by molar-refractivity contribution is 7.08. The molecule has 0 aromatic carbocycles. The summed E-state index contributed by atoms with van der Waals surface area (Å²) in [5.74, 6) is 1.98. The van der Waals surface area contributed by atoms with Crippen LogP contribution in [-0.2, 0) is 4.79 Å². The Morgan fingerprint density at radius 2 is 2.25 bits per heavy atom. The maximum atomic E-state index is 11.4. The Morgan fingerprint density at radius 3 is 2.88 bits per heavy atom. The monoisotopic (exact) mass is 236 g/mol. The van der Waals surface area contributed by atoms with Gasteiger partial charge in [0.1, 0.15) is 0 Å². The second-order valence-corrected chi connectivity index (χ2v) is 3.78. The van der Waals surface area contributed by atoms with E-state index < -0.39 is 0 Å². The molecule has 0 aliphatic heterocycles. The molecule has 2 amide bonds. The largest absolute Gasteiger partial charge is 0.351 e. The van der Waals surface area contributed by atoms with E-state index in [4.69, 9.17) is 6.42 Å². The average Bonchev–Trinajstić information content (AvgIpc) is 2.79. The predicted molar refractivity (Wildman–Crippen MR) is 63.1 cm³/mol. The molecule has 16 heavy (non-hydrogen) atoms. The second kappa shape index (κ2) is 6.64. The van der Waals surface area contributed by atoms with Gasteiger partial charge >= 0.3 is 0 Å². The Kier molecular flexibility index (Phi) is 5.09. The van der Waals surface area contributed by atoms with Crippen LogP contribution in [0.3, 0.4) is 0 Å². The minimum absolute atomic E-state index is 0.161. The van der Waals surface area contributed by atoms with Gasteiger partial charge in [-0.3, -0.25) is 9.59 Å². The first-order chi connectivity index (χ1) is 7.74. The fourth-order valence-corrected chi connectivity index (χ4v) is 1.66. The van der Waals surface area contributed by atoms with Crippen LogP contribution in [0.1, 0.15) is 16.8 Å². The van der Waals surface area contributed by atoms with Crippen molar-refractivity contribution in [1.29, 1.82) is 0 Å². The third-order valence-corrected chi connectivity index (χ3v) is 2.49. The highest BCUT2D eigenvalue weighted by Crippen LogP contribution is 2.04. The van der Waals surface area contributed by atoms with Gasteiger partial charge in [0, 0.05) is 23.9 Å². The van der Waals surface area contributed by atoms with E-state index in [1.165, 1.54) is 11.3 Å². The smallest absolute Gasteiger partial charge is 0.252 e. The number of nitrogens with one attached hydrogen (secondary N) is 2. The van der Waals surface area contributed by atoms with E-state index >= 15 is 0 Å². The first kappa shape index (κ1) is 12.3. The van der Waals surface area contributed by atoms with Crippen molar-refractivity contribution in [3.05, 3.63) is 22.4 Å². The molecule has 0 fully saturated rings. The molecular formula is C11H12N2O2S. The SMILES string of the molecule is C#CCNC(=O)CCNC(=O)c1ccsc1. The van der Waals surface area contributed by atoms with Gasteiger partial charge in [0.2, 0.25) is 5.91 Å². The zero-order valence-corrected chi connectivity index (χ0v) is 9.47. The molecule has 0 aliphatic carbocycles. The van der Waals surface area contributed by atoms with E-state index in [2.05, 4.69) is 16.6 Å². The van der Waals surface area contributed by atoms with E-state index in [9.17, 15) is 9.59 Å². The summed E-state index contributed by atoms with van der Waals surface area (Å²) in [7, 11) is 0. The molecule has 1 aromatic heterocycles. The summed E-state index contributed by atoms with van der Waals surface area (Å²) < 4.78 is 0. The topological polar surface area (TPSA) is 58.2 Å². The van der Waals surface area contributed by atoms with Crippen LogP contribution in [0.25, 0.3) is 0 Å². The number of rotatable bonds is 5. The molecule has 0 radical (unpaired) electrons. The number of thiophene rings is 1. The second-order valence-electron chi connectivity index (χ2n) is 3.00. The van der Waals surface area contributed by atoms with Crippen molar-refractivity contribution in [3.63, 3.8) is 0 Å². The van der Waals surface area contributed by atoms with Crippen LogP contribution >= 0.6 is 11.3 Å². The number of hydrogen-bond acceptors (Lipinski definition) is 3. The molecule has 0 spiro atoms. The van der Waals surface area contributed by atoms with Gasteiger partial charge in [0.05, 0.1) is 6.54 Å². The summed E-state index contributed by atoms with van der Waals surface area (Å²) in [5.41, 5.74) is 0.619. The molecule has 84 valence electrons. The number of amides is 2.